The number of fused-ring (bicyclic) bond motifs is 1. The number of halogens is 5. The Balaban J connectivity index is 0.00000193. The van der Waals surface area contributed by atoms with Crippen LogP contribution in [0.5, 0.6) is 0 Å². The van der Waals surface area contributed by atoms with E-state index >= 15 is 0 Å². The second-order valence-corrected chi connectivity index (χ2v) is 9.17. The van der Waals surface area contributed by atoms with Crippen LogP contribution >= 0.6 is 47.8 Å². The zero-order chi connectivity index (χ0) is 22.0. The highest BCUT2D eigenvalue weighted by Gasteiger charge is 2.23. The Morgan fingerprint density at radius 2 is 1.88 bits per heavy atom. The van der Waals surface area contributed by atoms with Crippen molar-refractivity contribution in [2.45, 2.75) is 19.4 Å². The molecule has 0 spiro atoms. The highest BCUT2D eigenvalue weighted by atomic mass is 35.5. The molecule has 0 bridgehead atoms. The first-order chi connectivity index (χ1) is 15.0. The van der Waals surface area contributed by atoms with Crippen molar-refractivity contribution in [3.8, 4) is 0 Å². The maximum Gasteiger partial charge on any atom is 0.185 e. The normalized spacial score (nSPS) is 16.0. The molecule has 180 valence electrons. The Morgan fingerprint density at radius 1 is 1.15 bits per heavy atom. The summed E-state index contributed by atoms with van der Waals surface area (Å²) in [6.07, 6.45) is 1.93. The molecule has 4 rings (SSSR count). The van der Waals surface area contributed by atoms with Gasteiger partial charge in [0.2, 0.25) is 0 Å². The van der Waals surface area contributed by atoms with Crippen LogP contribution in [0, 0.1) is 17.6 Å². The summed E-state index contributed by atoms with van der Waals surface area (Å²) in [6, 6.07) is 9.20. The standard InChI is InChI=1S/C22H23ClF2N4OS.2ClH/c1-26-22-29(20-5-2-15(23)10-21(20)31-22)12-14-6-8-28(9-7-14)13-19(27-30)17-4-3-16(24)11-18(17)25;;/h2-5,10-11,14,30H,6-9,12-13H2,1H3;2*1H/b26-22+,27-19+;;. The van der Waals surface area contributed by atoms with Crippen LogP contribution in [0.2, 0.25) is 5.02 Å². The molecule has 0 saturated carbocycles. The second-order valence-electron chi connectivity index (χ2n) is 7.72. The van der Waals surface area contributed by atoms with E-state index in [-0.39, 0.29) is 36.1 Å². The molecule has 1 fully saturated rings. The summed E-state index contributed by atoms with van der Waals surface area (Å²) in [7, 11) is 1.80. The minimum Gasteiger partial charge on any atom is -0.411 e. The van der Waals surface area contributed by atoms with Crippen molar-refractivity contribution in [3.63, 3.8) is 0 Å². The number of hydrogen-bond acceptors (Lipinski definition) is 5. The summed E-state index contributed by atoms with van der Waals surface area (Å²) < 4.78 is 30.6. The molecule has 1 aliphatic heterocycles. The molecule has 1 aliphatic rings. The van der Waals surface area contributed by atoms with Gasteiger partial charge in [-0.3, -0.25) is 9.89 Å². The molecule has 0 amide bonds. The van der Waals surface area contributed by atoms with E-state index < -0.39 is 11.6 Å². The van der Waals surface area contributed by atoms with E-state index in [0.29, 0.717) is 12.5 Å². The third kappa shape index (κ3) is 6.25. The van der Waals surface area contributed by atoms with Crippen molar-refractivity contribution >= 4 is 63.7 Å². The highest BCUT2D eigenvalue weighted by molar-refractivity contribution is 7.16. The molecule has 33 heavy (non-hydrogen) atoms. The average molecular weight is 538 g/mol. The van der Waals surface area contributed by atoms with Gasteiger partial charge in [-0.05, 0) is 62.2 Å². The van der Waals surface area contributed by atoms with Crippen LogP contribution < -0.4 is 4.80 Å². The van der Waals surface area contributed by atoms with Crippen molar-refractivity contribution in [2.75, 3.05) is 26.7 Å². The molecule has 0 unspecified atom stereocenters. The van der Waals surface area contributed by atoms with Crippen LogP contribution in [0.4, 0.5) is 8.78 Å². The topological polar surface area (TPSA) is 53.1 Å². The van der Waals surface area contributed by atoms with Crippen molar-refractivity contribution in [3.05, 3.63) is 63.4 Å². The van der Waals surface area contributed by atoms with Gasteiger partial charge in [0, 0.05) is 36.8 Å². The van der Waals surface area contributed by atoms with E-state index in [2.05, 4.69) is 19.6 Å². The SMILES string of the molecule is C/N=c1/sc2cc(Cl)ccc2n1CC1CCN(C/C(=N\O)c2ccc(F)cc2F)CC1.Cl.Cl. The van der Waals surface area contributed by atoms with Gasteiger partial charge < -0.3 is 9.77 Å². The Labute approximate surface area is 212 Å². The van der Waals surface area contributed by atoms with E-state index in [9.17, 15) is 14.0 Å². The maximum absolute atomic E-state index is 14.1. The molecule has 5 nitrogen and oxygen atoms in total. The lowest BCUT2D eigenvalue weighted by molar-refractivity contribution is 0.191. The molecule has 0 aliphatic carbocycles. The molecular formula is C22H25Cl3F2N4OS. The number of piperidine rings is 1. The number of hydrogen-bond donors (Lipinski definition) is 1. The van der Waals surface area contributed by atoms with E-state index in [1.807, 2.05) is 18.2 Å². The van der Waals surface area contributed by atoms with Crippen LogP contribution in [0.25, 0.3) is 10.2 Å². The zero-order valence-corrected chi connectivity index (χ0v) is 21.1. The number of oxime groups is 1. The summed E-state index contributed by atoms with van der Waals surface area (Å²) >= 11 is 7.77. The molecule has 1 N–H and O–H groups in total. The first kappa shape index (κ1) is 27.5. The highest BCUT2D eigenvalue weighted by Crippen LogP contribution is 2.25. The van der Waals surface area contributed by atoms with Gasteiger partial charge in [0.05, 0.1) is 10.2 Å². The van der Waals surface area contributed by atoms with Gasteiger partial charge in [0.1, 0.15) is 17.3 Å². The number of rotatable bonds is 5. The van der Waals surface area contributed by atoms with Crippen molar-refractivity contribution in [2.24, 2.45) is 16.1 Å². The zero-order valence-electron chi connectivity index (χ0n) is 17.9. The molecule has 11 heteroatoms. The first-order valence-electron chi connectivity index (χ1n) is 10.1. The molecule has 2 heterocycles. The van der Waals surface area contributed by atoms with Crippen LogP contribution in [-0.2, 0) is 6.54 Å². The second kappa shape index (κ2) is 12.1. The van der Waals surface area contributed by atoms with E-state index in [0.717, 1.165) is 58.6 Å². The van der Waals surface area contributed by atoms with Gasteiger partial charge in [-0.15, -0.1) is 24.8 Å². The lowest BCUT2D eigenvalue weighted by atomic mass is 9.96. The molecule has 2 aromatic carbocycles. The summed E-state index contributed by atoms with van der Waals surface area (Å²) in [6.45, 7) is 2.79. The Morgan fingerprint density at radius 3 is 2.52 bits per heavy atom. The smallest absolute Gasteiger partial charge is 0.185 e. The van der Waals surface area contributed by atoms with Crippen LogP contribution in [0.15, 0.2) is 46.5 Å². The Kier molecular flexibility index (Phi) is 10.1. The minimum absolute atomic E-state index is 0. The lowest BCUT2D eigenvalue weighted by Gasteiger charge is -2.32. The summed E-state index contributed by atoms with van der Waals surface area (Å²) in [5.74, 6) is -0.898. The summed E-state index contributed by atoms with van der Waals surface area (Å²) in [5.41, 5.74) is 1.47. The van der Waals surface area contributed by atoms with Gasteiger partial charge in [0.15, 0.2) is 4.80 Å². The van der Waals surface area contributed by atoms with Crippen molar-refractivity contribution < 1.29 is 14.0 Å². The van der Waals surface area contributed by atoms with E-state index in [1.54, 1.807) is 18.4 Å². The third-order valence-electron chi connectivity index (χ3n) is 5.72. The number of benzene rings is 2. The maximum atomic E-state index is 14.1. The number of likely N-dealkylation sites (tertiary alicyclic amines) is 1. The Bertz CT molecular complexity index is 1190. The molecule has 0 atom stereocenters. The predicted octanol–water partition coefficient (Wildman–Crippen LogP) is 5.60. The number of aromatic nitrogens is 1. The minimum atomic E-state index is -0.723. The van der Waals surface area contributed by atoms with Crippen molar-refractivity contribution in [1.29, 1.82) is 0 Å². The average Bonchev–Trinajstić information content (AvgIpc) is 3.10. The largest absolute Gasteiger partial charge is 0.411 e. The van der Waals surface area contributed by atoms with E-state index in [1.165, 1.54) is 12.1 Å². The van der Waals surface area contributed by atoms with Gasteiger partial charge in [0.25, 0.3) is 0 Å². The summed E-state index contributed by atoms with van der Waals surface area (Å²) in [5, 5.41) is 13.4. The third-order valence-corrected chi connectivity index (χ3v) is 7.09. The fourth-order valence-electron chi connectivity index (χ4n) is 4.08. The van der Waals surface area contributed by atoms with Crippen molar-refractivity contribution in [1.82, 2.24) is 9.47 Å². The fraction of sp³-hybridized carbons (Fsp3) is 0.364. The van der Waals surface area contributed by atoms with Gasteiger partial charge in [-0.25, -0.2) is 8.78 Å². The Hall–Kier alpha value is -1.71. The molecular weight excluding hydrogens is 513 g/mol. The lowest BCUT2D eigenvalue weighted by Crippen LogP contribution is -2.39. The van der Waals surface area contributed by atoms with Gasteiger partial charge >= 0.3 is 0 Å². The molecule has 1 aromatic heterocycles. The monoisotopic (exact) mass is 536 g/mol. The van der Waals surface area contributed by atoms with Crippen LogP contribution in [0.1, 0.15) is 18.4 Å². The van der Waals surface area contributed by atoms with Gasteiger partial charge in [-0.2, -0.15) is 0 Å². The fourth-order valence-corrected chi connectivity index (χ4v) is 5.36. The van der Waals surface area contributed by atoms with E-state index in [4.69, 9.17) is 11.6 Å². The molecule has 3 aromatic rings. The summed E-state index contributed by atoms with van der Waals surface area (Å²) in [4.78, 5) is 7.55. The molecule has 0 radical (unpaired) electrons. The number of nitrogens with zero attached hydrogens (tertiary/aromatic N) is 4. The molecule has 1 saturated heterocycles. The first-order valence-corrected chi connectivity index (χ1v) is 11.3. The number of thiazole rings is 1. The quantitative estimate of drug-likeness (QED) is 0.262. The van der Waals surface area contributed by atoms with Crippen LogP contribution in [0.3, 0.4) is 0 Å². The van der Waals surface area contributed by atoms with Gasteiger partial charge in [-0.1, -0.05) is 28.1 Å². The predicted molar refractivity (Wildman–Crippen MR) is 135 cm³/mol. The van der Waals surface area contributed by atoms with Crippen LogP contribution in [-0.4, -0.2) is 47.1 Å².